The molecule has 158 valence electrons. The van der Waals surface area contributed by atoms with Crippen molar-refractivity contribution in [2.45, 2.75) is 18.9 Å². The summed E-state index contributed by atoms with van der Waals surface area (Å²) in [5, 5.41) is 2.48. The van der Waals surface area contributed by atoms with E-state index in [-0.39, 0.29) is 24.2 Å². The third kappa shape index (κ3) is 5.82. The fourth-order valence-electron chi connectivity index (χ4n) is 3.09. The number of ketones is 1. The number of nitrogens with two attached hydrogens (primary N) is 1. The standard InChI is InChI=1S/C24H20F2N2O3/c25-19-11-10-18(20(26)14-19)13-22(29)28-21(24(27)31)12-15-6-8-17(9-7-15)23(30)16-4-2-1-3-5-16/h1-11,14,21H,12-13H2,(H2,27,31)(H,28,29)/t21-/m1/s1. The van der Waals surface area contributed by atoms with E-state index in [9.17, 15) is 23.2 Å². The van der Waals surface area contributed by atoms with Gasteiger partial charge in [-0.2, -0.15) is 0 Å². The molecule has 0 aliphatic carbocycles. The average Bonchev–Trinajstić information content (AvgIpc) is 2.76. The Morgan fingerprint density at radius 2 is 1.52 bits per heavy atom. The van der Waals surface area contributed by atoms with Crippen molar-refractivity contribution in [2.75, 3.05) is 0 Å². The molecule has 0 heterocycles. The molecule has 0 radical (unpaired) electrons. The maximum Gasteiger partial charge on any atom is 0.240 e. The van der Waals surface area contributed by atoms with Gasteiger partial charge in [0, 0.05) is 23.6 Å². The number of benzene rings is 3. The fourth-order valence-corrected chi connectivity index (χ4v) is 3.09. The van der Waals surface area contributed by atoms with Crippen LogP contribution in [0.3, 0.4) is 0 Å². The van der Waals surface area contributed by atoms with Crippen LogP contribution in [0.4, 0.5) is 8.78 Å². The molecule has 3 N–H and O–H groups in total. The van der Waals surface area contributed by atoms with Crippen molar-refractivity contribution in [3.63, 3.8) is 0 Å². The Labute approximate surface area is 177 Å². The van der Waals surface area contributed by atoms with Gasteiger partial charge in [-0.1, -0.05) is 60.7 Å². The molecule has 0 aliphatic heterocycles. The Morgan fingerprint density at radius 1 is 0.871 bits per heavy atom. The zero-order chi connectivity index (χ0) is 22.4. The molecule has 5 nitrogen and oxygen atoms in total. The molecule has 3 aromatic rings. The molecule has 0 fully saturated rings. The first-order valence-corrected chi connectivity index (χ1v) is 9.55. The van der Waals surface area contributed by atoms with Crippen molar-refractivity contribution in [1.82, 2.24) is 5.32 Å². The second kappa shape index (κ2) is 9.75. The monoisotopic (exact) mass is 422 g/mol. The molecule has 0 aromatic heterocycles. The fraction of sp³-hybridized carbons (Fsp3) is 0.125. The van der Waals surface area contributed by atoms with Crippen molar-refractivity contribution in [3.8, 4) is 0 Å². The van der Waals surface area contributed by atoms with Crippen LogP contribution in [0.1, 0.15) is 27.0 Å². The van der Waals surface area contributed by atoms with Crippen molar-refractivity contribution in [3.05, 3.63) is 107 Å². The zero-order valence-electron chi connectivity index (χ0n) is 16.5. The number of rotatable bonds is 8. The largest absolute Gasteiger partial charge is 0.368 e. The highest BCUT2D eigenvalue weighted by atomic mass is 19.1. The van der Waals surface area contributed by atoms with Crippen LogP contribution >= 0.6 is 0 Å². The third-order valence-electron chi connectivity index (χ3n) is 4.74. The second-order valence-electron chi connectivity index (χ2n) is 7.03. The van der Waals surface area contributed by atoms with E-state index in [2.05, 4.69) is 5.32 Å². The number of primary amides is 1. The van der Waals surface area contributed by atoms with Gasteiger partial charge in [0.15, 0.2) is 5.78 Å². The highest BCUT2D eigenvalue weighted by Gasteiger charge is 2.20. The molecule has 31 heavy (non-hydrogen) atoms. The summed E-state index contributed by atoms with van der Waals surface area (Å²) in [4.78, 5) is 36.5. The zero-order valence-corrected chi connectivity index (χ0v) is 16.5. The number of nitrogens with one attached hydrogen (secondary N) is 1. The van der Waals surface area contributed by atoms with Crippen molar-refractivity contribution in [2.24, 2.45) is 5.73 Å². The van der Waals surface area contributed by atoms with Crippen LogP contribution < -0.4 is 11.1 Å². The Balaban J connectivity index is 1.65. The number of hydrogen-bond donors (Lipinski definition) is 2. The van der Waals surface area contributed by atoms with Crippen LogP contribution in [0.5, 0.6) is 0 Å². The Morgan fingerprint density at radius 3 is 2.13 bits per heavy atom. The van der Waals surface area contributed by atoms with Crippen molar-refractivity contribution in [1.29, 1.82) is 0 Å². The van der Waals surface area contributed by atoms with Gasteiger partial charge in [-0.25, -0.2) is 8.78 Å². The number of halogens is 2. The van der Waals surface area contributed by atoms with E-state index in [0.717, 1.165) is 6.07 Å². The molecule has 0 saturated heterocycles. The molecule has 2 amide bonds. The first kappa shape index (κ1) is 21.8. The molecular weight excluding hydrogens is 402 g/mol. The smallest absolute Gasteiger partial charge is 0.240 e. The van der Waals surface area contributed by atoms with Crippen LogP contribution in [0.25, 0.3) is 0 Å². The van der Waals surface area contributed by atoms with E-state index in [0.29, 0.717) is 22.8 Å². The SMILES string of the molecule is NC(=O)[C@@H](Cc1ccc(C(=O)c2ccccc2)cc1)NC(=O)Cc1ccc(F)cc1F. The van der Waals surface area contributed by atoms with Gasteiger partial charge < -0.3 is 11.1 Å². The van der Waals surface area contributed by atoms with Crippen LogP contribution in [-0.4, -0.2) is 23.6 Å². The number of carbonyl (C=O) groups is 3. The third-order valence-corrected chi connectivity index (χ3v) is 4.74. The normalized spacial score (nSPS) is 11.5. The van der Waals surface area contributed by atoms with Crippen LogP contribution in [0, 0.1) is 11.6 Å². The molecule has 0 bridgehead atoms. The summed E-state index contributed by atoms with van der Waals surface area (Å²) in [5.41, 5.74) is 7.13. The summed E-state index contributed by atoms with van der Waals surface area (Å²) < 4.78 is 26.7. The summed E-state index contributed by atoms with van der Waals surface area (Å²) in [6.45, 7) is 0. The minimum Gasteiger partial charge on any atom is -0.368 e. The van der Waals surface area contributed by atoms with Gasteiger partial charge in [0.25, 0.3) is 0 Å². The predicted octanol–water partition coefficient (Wildman–Crippen LogP) is 2.95. The highest BCUT2D eigenvalue weighted by Crippen LogP contribution is 2.13. The summed E-state index contributed by atoms with van der Waals surface area (Å²) in [7, 11) is 0. The van der Waals surface area contributed by atoms with E-state index in [1.54, 1.807) is 48.5 Å². The van der Waals surface area contributed by atoms with Crippen LogP contribution in [-0.2, 0) is 22.4 Å². The molecule has 0 saturated carbocycles. The van der Waals surface area contributed by atoms with E-state index in [1.807, 2.05) is 6.07 Å². The molecule has 3 aromatic carbocycles. The first-order chi connectivity index (χ1) is 14.8. The molecule has 0 aliphatic rings. The summed E-state index contributed by atoms with van der Waals surface area (Å²) >= 11 is 0. The quantitative estimate of drug-likeness (QED) is 0.547. The number of amides is 2. The maximum atomic E-state index is 13.7. The van der Waals surface area contributed by atoms with Gasteiger partial charge in [0.05, 0.1) is 6.42 Å². The van der Waals surface area contributed by atoms with Crippen molar-refractivity contribution < 1.29 is 23.2 Å². The Hall–Kier alpha value is -3.87. The molecule has 3 rings (SSSR count). The lowest BCUT2D eigenvalue weighted by Gasteiger charge is -2.16. The van der Waals surface area contributed by atoms with Gasteiger partial charge in [0.1, 0.15) is 17.7 Å². The number of hydrogen-bond acceptors (Lipinski definition) is 3. The van der Waals surface area contributed by atoms with E-state index in [4.69, 9.17) is 5.73 Å². The summed E-state index contributed by atoms with van der Waals surface area (Å²) in [6.07, 6.45) is -0.257. The topological polar surface area (TPSA) is 89.3 Å². The number of carbonyl (C=O) groups excluding carboxylic acids is 3. The van der Waals surface area contributed by atoms with Crippen molar-refractivity contribution >= 4 is 17.6 Å². The molecule has 7 heteroatoms. The van der Waals surface area contributed by atoms with Gasteiger partial charge in [-0.3, -0.25) is 14.4 Å². The van der Waals surface area contributed by atoms with Crippen LogP contribution in [0.2, 0.25) is 0 Å². The lowest BCUT2D eigenvalue weighted by Crippen LogP contribution is -2.46. The second-order valence-corrected chi connectivity index (χ2v) is 7.03. The minimum absolute atomic E-state index is 0.00546. The molecule has 1 atom stereocenters. The lowest BCUT2D eigenvalue weighted by molar-refractivity contribution is -0.127. The predicted molar refractivity (Wildman–Crippen MR) is 111 cm³/mol. The Kier molecular flexibility index (Phi) is 6.87. The maximum absolute atomic E-state index is 13.7. The lowest BCUT2D eigenvalue weighted by atomic mass is 9.99. The summed E-state index contributed by atoms with van der Waals surface area (Å²) in [6, 6.07) is 17.3. The minimum atomic E-state index is -1.02. The van der Waals surface area contributed by atoms with Gasteiger partial charge in [-0.15, -0.1) is 0 Å². The van der Waals surface area contributed by atoms with Gasteiger partial charge in [-0.05, 0) is 17.2 Å². The average molecular weight is 422 g/mol. The molecule has 0 unspecified atom stereocenters. The van der Waals surface area contributed by atoms with Gasteiger partial charge in [0.2, 0.25) is 11.8 Å². The molecule has 0 spiro atoms. The van der Waals surface area contributed by atoms with E-state index < -0.39 is 29.5 Å². The van der Waals surface area contributed by atoms with E-state index in [1.165, 1.54) is 6.07 Å². The Bertz CT molecular complexity index is 1100. The molecular formula is C24H20F2N2O3. The first-order valence-electron chi connectivity index (χ1n) is 9.55. The van der Waals surface area contributed by atoms with Crippen LogP contribution in [0.15, 0.2) is 72.8 Å². The summed E-state index contributed by atoms with van der Waals surface area (Å²) in [5.74, 6) is -3.09. The van der Waals surface area contributed by atoms with Gasteiger partial charge >= 0.3 is 0 Å². The van der Waals surface area contributed by atoms with E-state index >= 15 is 0 Å². The highest BCUT2D eigenvalue weighted by molar-refractivity contribution is 6.08.